The Morgan fingerprint density at radius 1 is 1.26 bits per heavy atom. The SMILES string of the molecule is COCCNC(C)C(C)c1c(OC)cnn1C(C)C. The van der Waals surface area contributed by atoms with Crippen LogP contribution in [0.1, 0.15) is 45.3 Å². The molecule has 1 aromatic heterocycles. The lowest BCUT2D eigenvalue weighted by atomic mass is 9.98. The predicted octanol–water partition coefficient (Wildman–Crippen LogP) is 2.20. The molecule has 0 aliphatic heterocycles. The lowest BCUT2D eigenvalue weighted by Crippen LogP contribution is -2.34. The lowest BCUT2D eigenvalue weighted by molar-refractivity contribution is 0.194. The van der Waals surface area contributed by atoms with Crippen LogP contribution in [-0.2, 0) is 4.74 Å². The molecular weight excluding hydrogens is 242 g/mol. The summed E-state index contributed by atoms with van der Waals surface area (Å²) in [6.45, 7) is 10.2. The second-order valence-corrected chi connectivity index (χ2v) is 5.16. The first-order chi connectivity index (χ1) is 9.02. The monoisotopic (exact) mass is 269 g/mol. The summed E-state index contributed by atoms with van der Waals surface area (Å²) in [7, 11) is 3.41. The minimum absolute atomic E-state index is 0.316. The van der Waals surface area contributed by atoms with Gasteiger partial charge in [-0.05, 0) is 20.8 Å². The molecule has 1 rings (SSSR count). The molecule has 0 radical (unpaired) electrons. The number of hydrogen-bond donors (Lipinski definition) is 1. The molecule has 0 saturated carbocycles. The van der Waals surface area contributed by atoms with Gasteiger partial charge in [-0.2, -0.15) is 5.10 Å². The zero-order chi connectivity index (χ0) is 14.4. The largest absolute Gasteiger partial charge is 0.493 e. The van der Waals surface area contributed by atoms with Gasteiger partial charge in [0.15, 0.2) is 5.75 Å². The van der Waals surface area contributed by atoms with Crippen LogP contribution in [0.3, 0.4) is 0 Å². The van der Waals surface area contributed by atoms with E-state index in [4.69, 9.17) is 9.47 Å². The average molecular weight is 269 g/mol. The molecule has 0 aromatic carbocycles. The molecule has 2 atom stereocenters. The van der Waals surface area contributed by atoms with Gasteiger partial charge in [-0.3, -0.25) is 4.68 Å². The summed E-state index contributed by atoms with van der Waals surface area (Å²) in [6, 6.07) is 0.658. The van der Waals surface area contributed by atoms with Gasteiger partial charge in [-0.25, -0.2) is 0 Å². The highest BCUT2D eigenvalue weighted by Gasteiger charge is 2.23. The van der Waals surface area contributed by atoms with E-state index in [1.807, 2.05) is 4.68 Å². The molecule has 2 unspecified atom stereocenters. The van der Waals surface area contributed by atoms with Crippen molar-refractivity contribution in [3.05, 3.63) is 11.9 Å². The van der Waals surface area contributed by atoms with E-state index in [9.17, 15) is 0 Å². The highest BCUT2D eigenvalue weighted by molar-refractivity contribution is 5.29. The molecule has 1 N–H and O–H groups in total. The third kappa shape index (κ3) is 3.94. The van der Waals surface area contributed by atoms with Gasteiger partial charge >= 0.3 is 0 Å². The molecule has 0 aliphatic rings. The standard InChI is InChI=1S/C14H27N3O2/c1-10(2)17-14(13(19-6)9-16-17)11(3)12(4)15-7-8-18-5/h9-12,15H,7-8H2,1-6H3. The molecule has 110 valence electrons. The maximum Gasteiger partial charge on any atom is 0.160 e. The van der Waals surface area contributed by atoms with E-state index >= 15 is 0 Å². The first kappa shape index (κ1) is 16.0. The van der Waals surface area contributed by atoms with Crippen LogP contribution in [0.5, 0.6) is 5.75 Å². The Kier molecular flexibility index (Phi) is 6.31. The average Bonchev–Trinajstić information content (AvgIpc) is 2.81. The molecule has 1 aromatic rings. The summed E-state index contributed by atoms with van der Waals surface area (Å²) in [5.41, 5.74) is 1.15. The smallest absolute Gasteiger partial charge is 0.160 e. The Balaban J connectivity index is 2.84. The van der Waals surface area contributed by atoms with Gasteiger partial charge < -0.3 is 14.8 Å². The van der Waals surface area contributed by atoms with E-state index in [2.05, 4.69) is 38.1 Å². The molecule has 0 bridgehead atoms. The molecule has 0 spiro atoms. The van der Waals surface area contributed by atoms with Crippen LogP contribution in [0, 0.1) is 0 Å². The molecule has 19 heavy (non-hydrogen) atoms. The number of ether oxygens (including phenoxy) is 2. The van der Waals surface area contributed by atoms with Crippen molar-refractivity contribution >= 4 is 0 Å². The van der Waals surface area contributed by atoms with Gasteiger partial charge in [-0.15, -0.1) is 0 Å². The van der Waals surface area contributed by atoms with Crippen molar-refractivity contribution in [2.45, 2.75) is 45.7 Å². The molecule has 0 amide bonds. The summed E-state index contributed by atoms with van der Waals surface area (Å²) < 4.78 is 12.5. The Bertz CT molecular complexity index is 377. The van der Waals surface area contributed by atoms with Crippen LogP contribution in [0.4, 0.5) is 0 Å². The first-order valence-corrected chi connectivity index (χ1v) is 6.86. The second kappa shape index (κ2) is 7.50. The van der Waals surface area contributed by atoms with Crippen molar-refractivity contribution in [2.24, 2.45) is 0 Å². The van der Waals surface area contributed by atoms with Gasteiger partial charge in [0, 0.05) is 31.7 Å². The van der Waals surface area contributed by atoms with Crippen LogP contribution in [0.25, 0.3) is 0 Å². The van der Waals surface area contributed by atoms with Crippen molar-refractivity contribution in [3.63, 3.8) is 0 Å². The third-order valence-corrected chi connectivity index (χ3v) is 3.46. The van der Waals surface area contributed by atoms with Crippen LogP contribution in [0.2, 0.25) is 0 Å². The van der Waals surface area contributed by atoms with Gasteiger partial charge in [-0.1, -0.05) is 6.92 Å². The van der Waals surface area contributed by atoms with E-state index in [1.54, 1.807) is 20.4 Å². The minimum Gasteiger partial charge on any atom is -0.493 e. The summed E-state index contributed by atoms with van der Waals surface area (Å²) in [4.78, 5) is 0. The molecule has 1 heterocycles. The Hall–Kier alpha value is -1.07. The van der Waals surface area contributed by atoms with Crippen molar-refractivity contribution < 1.29 is 9.47 Å². The number of rotatable bonds is 8. The normalized spacial score (nSPS) is 14.7. The van der Waals surface area contributed by atoms with Crippen LogP contribution in [0.15, 0.2) is 6.20 Å². The van der Waals surface area contributed by atoms with Gasteiger partial charge in [0.1, 0.15) is 0 Å². The quantitative estimate of drug-likeness (QED) is 0.735. The van der Waals surface area contributed by atoms with Gasteiger partial charge in [0.25, 0.3) is 0 Å². The number of methoxy groups -OCH3 is 2. The zero-order valence-electron chi connectivity index (χ0n) is 12.9. The molecule has 0 saturated heterocycles. The highest BCUT2D eigenvalue weighted by atomic mass is 16.5. The van der Waals surface area contributed by atoms with E-state index in [0.717, 1.165) is 24.6 Å². The van der Waals surface area contributed by atoms with E-state index in [-0.39, 0.29) is 0 Å². The van der Waals surface area contributed by atoms with E-state index < -0.39 is 0 Å². The van der Waals surface area contributed by atoms with E-state index in [1.165, 1.54) is 0 Å². The Morgan fingerprint density at radius 3 is 2.47 bits per heavy atom. The predicted molar refractivity (Wildman–Crippen MR) is 76.9 cm³/mol. The number of hydrogen-bond acceptors (Lipinski definition) is 4. The van der Waals surface area contributed by atoms with Crippen LogP contribution < -0.4 is 10.1 Å². The highest BCUT2D eigenvalue weighted by Crippen LogP contribution is 2.30. The van der Waals surface area contributed by atoms with Crippen molar-refractivity contribution in [3.8, 4) is 5.75 Å². The molecule has 5 heteroatoms. The number of nitrogens with one attached hydrogen (secondary N) is 1. The van der Waals surface area contributed by atoms with Crippen molar-refractivity contribution in [1.82, 2.24) is 15.1 Å². The fourth-order valence-corrected chi connectivity index (χ4v) is 2.16. The number of aromatic nitrogens is 2. The third-order valence-electron chi connectivity index (χ3n) is 3.46. The topological polar surface area (TPSA) is 48.3 Å². The van der Waals surface area contributed by atoms with E-state index in [0.29, 0.717) is 18.0 Å². The minimum atomic E-state index is 0.316. The maximum atomic E-state index is 5.44. The second-order valence-electron chi connectivity index (χ2n) is 5.16. The fraction of sp³-hybridized carbons (Fsp3) is 0.786. The van der Waals surface area contributed by atoms with Crippen LogP contribution in [-0.4, -0.2) is 43.2 Å². The van der Waals surface area contributed by atoms with Crippen molar-refractivity contribution in [2.75, 3.05) is 27.4 Å². The first-order valence-electron chi connectivity index (χ1n) is 6.86. The molecular formula is C14H27N3O2. The Labute approximate surface area is 116 Å². The molecule has 5 nitrogen and oxygen atoms in total. The lowest BCUT2D eigenvalue weighted by Gasteiger charge is -2.24. The summed E-state index contributed by atoms with van der Waals surface area (Å²) in [5.74, 6) is 1.18. The molecule has 0 fully saturated rings. The number of nitrogens with zero attached hydrogens (tertiary/aromatic N) is 2. The maximum absolute atomic E-state index is 5.44. The zero-order valence-corrected chi connectivity index (χ0v) is 12.9. The van der Waals surface area contributed by atoms with Crippen LogP contribution >= 0.6 is 0 Å². The Morgan fingerprint density at radius 2 is 1.95 bits per heavy atom. The summed E-state index contributed by atoms with van der Waals surface area (Å²) in [6.07, 6.45) is 1.80. The summed E-state index contributed by atoms with van der Waals surface area (Å²) in [5, 5.41) is 7.89. The van der Waals surface area contributed by atoms with Gasteiger partial charge in [0.05, 0.1) is 25.6 Å². The van der Waals surface area contributed by atoms with Gasteiger partial charge in [0.2, 0.25) is 0 Å². The molecule has 0 aliphatic carbocycles. The fourth-order valence-electron chi connectivity index (χ4n) is 2.16. The van der Waals surface area contributed by atoms with Crippen molar-refractivity contribution in [1.29, 1.82) is 0 Å². The summed E-state index contributed by atoms with van der Waals surface area (Å²) >= 11 is 0.